The molecule has 0 saturated carbocycles. The Balaban J connectivity index is 1.37. The van der Waals surface area contributed by atoms with Gasteiger partial charge < -0.3 is 5.32 Å². The van der Waals surface area contributed by atoms with E-state index < -0.39 is 0 Å². The highest BCUT2D eigenvalue weighted by atomic mass is 15.0. The maximum atomic E-state index is 4.94. The monoisotopic (exact) mass is 366 g/mol. The molecule has 4 nitrogen and oxygen atoms in total. The van der Waals surface area contributed by atoms with Gasteiger partial charge in [-0.2, -0.15) is 0 Å². The number of fused-ring (bicyclic) bond motifs is 4. The lowest BCUT2D eigenvalue weighted by atomic mass is 10.0. The molecular weight excluding hydrogens is 344 g/mol. The first kappa shape index (κ1) is 16.9. The van der Waals surface area contributed by atoms with Crippen LogP contribution in [0.3, 0.4) is 0 Å². The molecule has 2 aliphatic rings. The molecule has 1 aromatic carbocycles. The summed E-state index contributed by atoms with van der Waals surface area (Å²) in [5.41, 5.74) is 5.43. The molecule has 4 heteroatoms. The zero-order chi connectivity index (χ0) is 18.8. The van der Waals surface area contributed by atoms with Crippen LogP contribution in [0.4, 0.5) is 0 Å². The third kappa shape index (κ3) is 3.46. The number of allylic oxidation sites excluding steroid dienone is 1. The summed E-state index contributed by atoms with van der Waals surface area (Å²) in [5, 5.41) is 4.73. The summed E-state index contributed by atoms with van der Waals surface area (Å²) >= 11 is 0. The SMILES string of the molecule is C1=C2NC(CCc3ccc4ccccc4n3)=NC1CC/C=C\c1ncccc12. The zero-order valence-electron chi connectivity index (χ0n) is 15.7. The summed E-state index contributed by atoms with van der Waals surface area (Å²) in [6.07, 6.45) is 12.2. The van der Waals surface area contributed by atoms with Crippen molar-refractivity contribution in [1.82, 2.24) is 15.3 Å². The minimum absolute atomic E-state index is 0.214. The van der Waals surface area contributed by atoms with Gasteiger partial charge in [0.25, 0.3) is 0 Å². The van der Waals surface area contributed by atoms with E-state index in [1.165, 1.54) is 5.39 Å². The Labute approximate surface area is 164 Å². The second-order valence-electron chi connectivity index (χ2n) is 7.26. The maximum absolute atomic E-state index is 4.94. The Morgan fingerprint density at radius 3 is 2.96 bits per heavy atom. The van der Waals surface area contributed by atoms with Crippen LogP contribution in [-0.4, -0.2) is 21.8 Å². The lowest BCUT2D eigenvalue weighted by Crippen LogP contribution is -2.29. The normalized spacial score (nSPS) is 19.4. The van der Waals surface area contributed by atoms with Crippen LogP contribution >= 0.6 is 0 Å². The predicted octanol–water partition coefficient (Wildman–Crippen LogP) is 4.78. The van der Waals surface area contributed by atoms with Crippen molar-refractivity contribution in [2.75, 3.05) is 0 Å². The number of amidine groups is 1. The molecule has 1 aliphatic heterocycles. The van der Waals surface area contributed by atoms with Gasteiger partial charge in [0.1, 0.15) is 5.84 Å². The number of benzene rings is 1. The molecule has 1 N–H and O–H groups in total. The lowest BCUT2D eigenvalue weighted by molar-refractivity contribution is 0.719. The van der Waals surface area contributed by atoms with Crippen LogP contribution in [0, 0.1) is 0 Å². The molecule has 0 radical (unpaired) electrons. The minimum atomic E-state index is 0.214. The molecule has 1 unspecified atom stereocenters. The molecule has 138 valence electrons. The maximum Gasteiger partial charge on any atom is 0.102 e. The van der Waals surface area contributed by atoms with Crippen molar-refractivity contribution in [2.45, 2.75) is 31.7 Å². The number of aliphatic imine (C=N–C) groups is 1. The highest BCUT2D eigenvalue weighted by molar-refractivity contribution is 5.94. The quantitative estimate of drug-likeness (QED) is 0.726. The van der Waals surface area contributed by atoms with Crippen molar-refractivity contribution in [3.8, 4) is 0 Å². The van der Waals surface area contributed by atoms with Crippen LogP contribution in [0.2, 0.25) is 0 Å². The molecule has 0 fully saturated rings. The van der Waals surface area contributed by atoms with Gasteiger partial charge in [-0.3, -0.25) is 15.0 Å². The fourth-order valence-corrected chi connectivity index (χ4v) is 3.83. The summed E-state index contributed by atoms with van der Waals surface area (Å²) in [6, 6.07) is 16.9. The molecule has 3 heterocycles. The average molecular weight is 366 g/mol. The summed E-state index contributed by atoms with van der Waals surface area (Å²) in [7, 11) is 0. The van der Waals surface area contributed by atoms with E-state index in [9.17, 15) is 0 Å². The van der Waals surface area contributed by atoms with E-state index in [2.05, 4.69) is 58.9 Å². The Hall–Kier alpha value is -3.27. The second kappa shape index (κ2) is 7.39. The van der Waals surface area contributed by atoms with E-state index in [1.54, 1.807) is 0 Å². The van der Waals surface area contributed by atoms with Crippen molar-refractivity contribution in [3.05, 3.63) is 83.8 Å². The number of nitrogens with zero attached hydrogens (tertiary/aromatic N) is 3. The molecular formula is C24H22N4. The van der Waals surface area contributed by atoms with E-state index in [0.717, 1.165) is 59.7 Å². The van der Waals surface area contributed by atoms with Gasteiger partial charge in [-0.05, 0) is 55.7 Å². The van der Waals surface area contributed by atoms with Crippen LogP contribution < -0.4 is 5.32 Å². The molecule has 0 amide bonds. The Morgan fingerprint density at radius 1 is 1.00 bits per heavy atom. The zero-order valence-corrected chi connectivity index (χ0v) is 15.7. The standard InChI is InChI=1S/C24H22N4/c1-3-9-21-17(6-1)11-12-18(26-21)13-14-24-27-19-7-2-4-10-22-20(8-5-15-25-22)23(16-19)28-24/h1,3-6,8-12,15-16,19H,2,7,13-14H2,(H,27,28)/b10-4-. The number of hydrogen-bond acceptors (Lipinski definition) is 4. The molecule has 1 atom stereocenters. The predicted molar refractivity (Wildman–Crippen MR) is 115 cm³/mol. The average Bonchev–Trinajstić information content (AvgIpc) is 2.80. The highest BCUT2D eigenvalue weighted by Crippen LogP contribution is 2.25. The molecule has 2 bridgehead atoms. The van der Waals surface area contributed by atoms with Gasteiger partial charge in [-0.15, -0.1) is 0 Å². The van der Waals surface area contributed by atoms with Crippen molar-refractivity contribution in [1.29, 1.82) is 0 Å². The third-order valence-electron chi connectivity index (χ3n) is 5.27. The summed E-state index contributed by atoms with van der Waals surface area (Å²) < 4.78 is 0. The van der Waals surface area contributed by atoms with Gasteiger partial charge >= 0.3 is 0 Å². The third-order valence-corrected chi connectivity index (χ3v) is 5.27. The molecule has 5 rings (SSSR count). The number of rotatable bonds is 3. The number of aryl methyl sites for hydroxylation is 1. The first-order chi connectivity index (χ1) is 13.8. The smallest absolute Gasteiger partial charge is 0.102 e. The molecule has 0 spiro atoms. The Bertz CT molecular complexity index is 1110. The van der Waals surface area contributed by atoms with Gasteiger partial charge in [-0.1, -0.05) is 30.3 Å². The molecule has 28 heavy (non-hydrogen) atoms. The second-order valence-corrected chi connectivity index (χ2v) is 7.26. The van der Waals surface area contributed by atoms with E-state index in [0.29, 0.717) is 0 Å². The van der Waals surface area contributed by atoms with Crippen LogP contribution in [0.25, 0.3) is 22.7 Å². The Kier molecular flexibility index (Phi) is 4.45. The number of nitrogens with one attached hydrogen (secondary N) is 1. The Morgan fingerprint density at radius 2 is 1.96 bits per heavy atom. The van der Waals surface area contributed by atoms with Crippen molar-refractivity contribution in [3.63, 3.8) is 0 Å². The number of para-hydroxylation sites is 1. The van der Waals surface area contributed by atoms with Gasteiger partial charge in [0, 0.05) is 35.0 Å². The van der Waals surface area contributed by atoms with E-state index >= 15 is 0 Å². The van der Waals surface area contributed by atoms with E-state index in [4.69, 9.17) is 9.98 Å². The van der Waals surface area contributed by atoms with E-state index in [-0.39, 0.29) is 6.04 Å². The number of pyridine rings is 2. The van der Waals surface area contributed by atoms with Crippen molar-refractivity contribution >= 4 is 28.5 Å². The summed E-state index contributed by atoms with van der Waals surface area (Å²) in [4.78, 5) is 14.3. The molecule has 2 aromatic heterocycles. The van der Waals surface area contributed by atoms with Crippen LogP contribution in [-0.2, 0) is 6.42 Å². The first-order valence-corrected chi connectivity index (χ1v) is 9.87. The first-order valence-electron chi connectivity index (χ1n) is 9.87. The van der Waals surface area contributed by atoms with Crippen LogP contribution in [0.1, 0.15) is 36.2 Å². The fraction of sp³-hybridized carbons (Fsp3) is 0.208. The van der Waals surface area contributed by atoms with Gasteiger partial charge in [-0.25, -0.2) is 0 Å². The lowest BCUT2D eigenvalue weighted by Gasteiger charge is -2.22. The molecule has 3 aromatic rings. The largest absolute Gasteiger partial charge is 0.344 e. The van der Waals surface area contributed by atoms with Crippen LogP contribution in [0.15, 0.2) is 71.9 Å². The molecule has 1 aliphatic carbocycles. The van der Waals surface area contributed by atoms with Crippen molar-refractivity contribution in [2.24, 2.45) is 4.99 Å². The molecule has 0 saturated heterocycles. The number of aromatic nitrogens is 2. The number of hydrogen-bond donors (Lipinski definition) is 1. The highest BCUT2D eigenvalue weighted by Gasteiger charge is 2.19. The summed E-state index contributed by atoms with van der Waals surface area (Å²) in [5.74, 6) is 1.04. The van der Waals surface area contributed by atoms with Gasteiger partial charge in [0.15, 0.2) is 0 Å². The minimum Gasteiger partial charge on any atom is -0.344 e. The summed E-state index contributed by atoms with van der Waals surface area (Å²) in [6.45, 7) is 0. The van der Waals surface area contributed by atoms with Crippen molar-refractivity contribution < 1.29 is 0 Å². The topological polar surface area (TPSA) is 50.2 Å². The van der Waals surface area contributed by atoms with Gasteiger partial charge in [0.05, 0.1) is 17.3 Å². The van der Waals surface area contributed by atoms with Crippen LogP contribution in [0.5, 0.6) is 0 Å². The van der Waals surface area contributed by atoms with E-state index in [1.807, 2.05) is 24.4 Å². The van der Waals surface area contributed by atoms with Gasteiger partial charge in [0.2, 0.25) is 0 Å². The fourth-order valence-electron chi connectivity index (χ4n) is 3.83.